The van der Waals surface area contributed by atoms with Gasteiger partial charge in [-0.3, -0.25) is 10.2 Å². The van der Waals surface area contributed by atoms with Crippen molar-refractivity contribution in [3.63, 3.8) is 0 Å². The summed E-state index contributed by atoms with van der Waals surface area (Å²) in [6.45, 7) is 2.25. The molecule has 3 N–H and O–H groups in total. The maximum atomic E-state index is 11.5. The van der Waals surface area contributed by atoms with Crippen molar-refractivity contribution >= 4 is 5.91 Å². The fraction of sp³-hybridized carbons (Fsp3) is 0.133. The molecule has 0 spiro atoms. The van der Waals surface area contributed by atoms with Crippen LogP contribution in [0.4, 0.5) is 0 Å². The molecule has 0 atom stereocenters. The van der Waals surface area contributed by atoms with Crippen LogP contribution in [0.25, 0.3) is 21.6 Å². The van der Waals surface area contributed by atoms with Crippen LogP contribution in [0.1, 0.15) is 21.5 Å². The summed E-state index contributed by atoms with van der Waals surface area (Å²) < 4.78 is 0. The van der Waals surface area contributed by atoms with Crippen LogP contribution in [0.2, 0.25) is 0 Å². The van der Waals surface area contributed by atoms with Gasteiger partial charge in [-0.25, -0.2) is 5.84 Å². The number of rotatable bonds is 4. The average molecular weight is 281 g/mol. The number of benzene rings is 2. The summed E-state index contributed by atoms with van der Waals surface area (Å²) in [7, 11) is 0. The lowest BCUT2D eigenvalue weighted by Gasteiger charge is -2.09. The van der Waals surface area contributed by atoms with Crippen molar-refractivity contribution < 1.29 is 4.79 Å². The second kappa shape index (κ2) is 6.56. The highest BCUT2D eigenvalue weighted by atomic mass is 16.2. The second-order valence-electron chi connectivity index (χ2n) is 4.59. The van der Waals surface area contributed by atoms with Crippen molar-refractivity contribution in [2.75, 3.05) is 0 Å². The van der Waals surface area contributed by atoms with E-state index in [1.165, 1.54) is 0 Å². The van der Waals surface area contributed by atoms with Gasteiger partial charge in [0, 0.05) is 10.5 Å². The molecule has 2 aromatic carbocycles. The van der Waals surface area contributed by atoms with Gasteiger partial charge in [0.2, 0.25) is 0 Å². The van der Waals surface area contributed by atoms with E-state index in [0.717, 1.165) is 22.3 Å². The highest BCUT2D eigenvalue weighted by Gasteiger charge is 2.08. The van der Waals surface area contributed by atoms with Crippen LogP contribution in [0.15, 0.2) is 47.6 Å². The Morgan fingerprint density at radius 1 is 1.33 bits per heavy atom. The van der Waals surface area contributed by atoms with Gasteiger partial charge in [0.05, 0.1) is 6.54 Å². The monoisotopic (exact) mass is 281 g/mol. The average Bonchev–Trinajstić information content (AvgIpc) is 2.52. The molecule has 0 aliphatic heterocycles. The van der Waals surface area contributed by atoms with E-state index in [2.05, 4.69) is 15.5 Å². The topological polar surface area (TPSA) is 104 Å². The summed E-state index contributed by atoms with van der Waals surface area (Å²) in [6.07, 6.45) is 0. The molecular formula is C15H15N5O. The van der Waals surface area contributed by atoms with E-state index < -0.39 is 0 Å². The van der Waals surface area contributed by atoms with Gasteiger partial charge in [-0.2, -0.15) is 0 Å². The molecule has 0 unspecified atom stereocenters. The first-order valence-electron chi connectivity index (χ1n) is 6.37. The fourth-order valence-corrected chi connectivity index (χ4v) is 2.16. The van der Waals surface area contributed by atoms with Crippen LogP contribution in [0, 0.1) is 6.92 Å². The van der Waals surface area contributed by atoms with Gasteiger partial charge in [0.25, 0.3) is 5.91 Å². The smallest absolute Gasteiger partial charge is 0.265 e. The van der Waals surface area contributed by atoms with Crippen LogP contribution in [0.5, 0.6) is 0 Å². The second-order valence-corrected chi connectivity index (χ2v) is 4.59. The van der Waals surface area contributed by atoms with E-state index in [9.17, 15) is 4.79 Å². The molecule has 0 aliphatic rings. The number of amides is 1. The van der Waals surface area contributed by atoms with Crippen LogP contribution < -0.4 is 11.3 Å². The highest BCUT2D eigenvalue weighted by molar-refractivity contribution is 5.94. The molecule has 106 valence electrons. The molecule has 6 heteroatoms. The summed E-state index contributed by atoms with van der Waals surface area (Å²) in [5.41, 5.74) is 14.9. The summed E-state index contributed by atoms with van der Waals surface area (Å²) in [4.78, 5) is 14.3. The Bertz CT molecular complexity index is 720. The third-order valence-electron chi connectivity index (χ3n) is 3.17. The van der Waals surface area contributed by atoms with Crippen LogP contribution in [-0.2, 0) is 6.54 Å². The zero-order valence-corrected chi connectivity index (χ0v) is 11.6. The van der Waals surface area contributed by atoms with E-state index in [1.807, 2.05) is 37.3 Å². The van der Waals surface area contributed by atoms with Crippen LogP contribution >= 0.6 is 0 Å². The molecule has 0 saturated heterocycles. The standard InChI is InChI=1S/C15H15N5O/c1-10-7-13(15(21)19-16)5-6-14(10)12-4-2-3-11(8-12)9-18-20-17/h2-8H,9,16H2,1H3,(H,19,21). The predicted octanol–water partition coefficient (Wildman–Crippen LogP) is 3.08. The van der Waals surface area contributed by atoms with Gasteiger partial charge in [-0.05, 0) is 46.8 Å². The zero-order valence-electron chi connectivity index (χ0n) is 11.6. The van der Waals surface area contributed by atoms with E-state index in [0.29, 0.717) is 12.1 Å². The molecule has 1 amide bonds. The molecule has 0 saturated carbocycles. The molecule has 0 aliphatic carbocycles. The molecule has 0 heterocycles. The molecule has 0 radical (unpaired) electrons. The SMILES string of the molecule is Cc1cc(C(=O)NN)ccc1-c1cccc(CN=[N+]=[N-])c1. The minimum atomic E-state index is -0.318. The molecule has 0 fully saturated rings. The summed E-state index contributed by atoms with van der Waals surface area (Å²) in [5.74, 6) is 4.81. The molecule has 2 aromatic rings. The summed E-state index contributed by atoms with van der Waals surface area (Å²) in [5, 5.41) is 3.56. The Morgan fingerprint density at radius 3 is 2.81 bits per heavy atom. The van der Waals surface area contributed by atoms with Gasteiger partial charge < -0.3 is 0 Å². The van der Waals surface area contributed by atoms with Gasteiger partial charge in [0.15, 0.2) is 0 Å². The maximum absolute atomic E-state index is 11.5. The lowest BCUT2D eigenvalue weighted by Crippen LogP contribution is -2.29. The number of nitrogen functional groups attached to an aromatic ring is 1. The number of carbonyl (C=O) groups is 1. The molecule has 0 bridgehead atoms. The van der Waals surface area contributed by atoms with Gasteiger partial charge >= 0.3 is 0 Å². The van der Waals surface area contributed by atoms with E-state index in [-0.39, 0.29) is 5.91 Å². The number of hydrogen-bond donors (Lipinski definition) is 2. The van der Waals surface area contributed by atoms with Crippen molar-refractivity contribution in [1.29, 1.82) is 0 Å². The number of nitrogens with zero attached hydrogens (tertiary/aromatic N) is 3. The number of azide groups is 1. The van der Waals surface area contributed by atoms with E-state index >= 15 is 0 Å². The van der Waals surface area contributed by atoms with Crippen molar-refractivity contribution in [2.45, 2.75) is 13.5 Å². The first-order valence-corrected chi connectivity index (χ1v) is 6.37. The first kappa shape index (κ1) is 14.6. The number of hydrazine groups is 1. The number of carbonyl (C=O) groups excluding carboxylic acids is 1. The molecule has 0 aromatic heterocycles. The van der Waals surface area contributed by atoms with Crippen molar-refractivity contribution in [2.24, 2.45) is 11.0 Å². The Balaban J connectivity index is 2.38. The molecule has 21 heavy (non-hydrogen) atoms. The Kier molecular flexibility index (Phi) is 4.56. The molecule has 6 nitrogen and oxygen atoms in total. The minimum absolute atomic E-state index is 0.317. The number of nitrogens with two attached hydrogens (primary N) is 1. The Hall–Kier alpha value is -2.82. The Morgan fingerprint density at radius 2 is 2.14 bits per heavy atom. The van der Waals surface area contributed by atoms with Crippen LogP contribution in [-0.4, -0.2) is 5.91 Å². The van der Waals surface area contributed by atoms with Gasteiger partial charge in [0.1, 0.15) is 0 Å². The third kappa shape index (κ3) is 3.39. The lowest BCUT2D eigenvalue weighted by atomic mass is 9.97. The summed E-state index contributed by atoms with van der Waals surface area (Å²) in [6, 6.07) is 13.2. The fourth-order valence-electron chi connectivity index (χ4n) is 2.16. The first-order chi connectivity index (χ1) is 10.2. The summed E-state index contributed by atoms with van der Waals surface area (Å²) >= 11 is 0. The molecular weight excluding hydrogens is 266 g/mol. The van der Waals surface area contributed by atoms with Crippen molar-refractivity contribution in [3.8, 4) is 11.1 Å². The third-order valence-corrected chi connectivity index (χ3v) is 3.17. The van der Waals surface area contributed by atoms with Crippen LogP contribution in [0.3, 0.4) is 0 Å². The van der Waals surface area contributed by atoms with Gasteiger partial charge in [-0.1, -0.05) is 35.4 Å². The van der Waals surface area contributed by atoms with Crippen molar-refractivity contribution in [3.05, 3.63) is 69.6 Å². The lowest BCUT2D eigenvalue weighted by molar-refractivity contribution is 0.0953. The largest absolute Gasteiger partial charge is 0.290 e. The Labute approximate surface area is 122 Å². The number of aryl methyl sites for hydroxylation is 1. The van der Waals surface area contributed by atoms with Gasteiger partial charge in [-0.15, -0.1) is 0 Å². The maximum Gasteiger partial charge on any atom is 0.265 e. The number of nitrogens with one attached hydrogen (secondary N) is 1. The highest BCUT2D eigenvalue weighted by Crippen LogP contribution is 2.25. The normalized spacial score (nSPS) is 9.81. The number of hydrogen-bond acceptors (Lipinski definition) is 3. The zero-order chi connectivity index (χ0) is 15.2. The molecule has 2 rings (SSSR count). The predicted molar refractivity (Wildman–Crippen MR) is 81.1 cm³/mol. The minimum Gasteiger partial charge on any atom is -0.290 e. The quantitative estimate of drug-likeness (QED) is 0.224. The van der Waals surface area contributed by atoms with E-state index in [1.54, 1.807) is 12.1 Å². The van der Waals surface area contributed by atoms with Crippen molar-refractivity contribution in [1.82, 2.24) is 5.43 Å². The van der Waals surface area contributed by atoms with E-state index in [4.69, 9.17) is 11.4 Å².